The monoisotopic (exact) mass is 275 g/mol. The summed E-state index contributed by atoms with van der Waals surface area (Å²) in [7, 11) is 0. The number of hydrogen-bond donors (Lipinski definition) is 1. The van der Waals surface area contributed by atoms with Gasteiger partial charge in [-0.1, -0.05) is 52.4 Å². The van der Waals surface area contributed by atoms with Gasteiger partial charge >= 0.3 is 0 Å². The van der Waals surface area contributed by atoms with Crippen LogP contribution in [0.1, 0.15) is 78.6 Å². The zero-order valence-electron chi connectivity index (χ0n) is 12.4. The number of unbranched alkanes of at least 4 members (excludes halogenated alkanes) is 6. The van der Waals surface area contributed by atoms with Gasteiger partial charge in [0.2, 0.25) is 5.91 Å². The SMILES string of the molecule is CCCCCCCCCC(=O)NC(C)(CC)CCl. The van der Waals surface area contributed by atoms with Crippen molar-refractivity contribution in [3.8, 4) is 0 Å². The number of hydrogen-bond acceptors (Lipinski definition) is 1. The molecule has 3 heteroatoms. The fourth-order valence-corrected chi connectivity index (χ4v) is 2.11. The van der Waals surface area contributed by atoms with Crippen molar-refractivity contribution in [1.82, 2.24) is 5.32 Å². The van der Waals surface area contributed by atoms with Crippen molar-refractivity contribution in [3.05, 3.63) is 0 Å². The van der Waals surface area contributed by atoms with Gasteiger partial charge in [-0.25, -0.2) is 0 Å². The van der Waals surface area contributed by atoms with E-state index in [0.717, 1.165) is 12.8 Å². The Morgan fingerprint density at radius 3 is 2.11 bits per heavy atom. The van der Waals surface area contributed by atoms with Crippen molar-refractivity contribution in [2.45, 2.75) is 84.1 Å². The summed E-state index contributed by atoms with van der Waals surface area (Å²) in [4.78, 5) is 11.7. The lowest BCUT2D eigenvalue weighted by atomic mass is 10.0. The Morgan fingerprint density at radius 2 is 1.61 bits per heavy atom. The molecular weight excluding hydrogens is 246 g/mol. The number of carbonyl (C=O) groups is 1. The predicted molar refractivity (Wildman–Crippen MR) is 80.2 cm³/mol. The molecule has 0 aliphatic carbocycles. The van der Waals surface area contributed by atoms with E-state index in [4.69, 9.17) is 11.6 Å². The van der Waals surface area contributed by atoms with Gasteiger partial charge in [0.25, 0.3) is 0 Å². The maximum Gasteiger partial charge on any atom is 0.220 e. The zero-order chi connectivity index (χ0) is 13.9. The number of alkyl halides is 1. The molecule has 1 unspecified atom stereocenters. The molecule has 18 heavy (non-hydrogen) atoms. The van der Waals surface area contributed by atoms with Crippen LogP contribution in [0.2, 0.25) is 0 Å². The van der Waals surface area contributed by atoms with Gasteiger partial charge in [0.15, 0.2) is 0 Å². The standard InChI is InChI=1S/C15H30ClNO/c1-4-6-7-8-9-10-11-12-14(18)17-15(3,5-2)13-16/h4-13H2,1-3H3,(H,17,18). The number of carbonyl (C=O) groups excluding carboxylic acids is 1. The Bertz CT molecular complexity index is 215. The van der Waals surface area contributed by atoms with E-state index in [1.165, 1.54) is 38.5 Å². The molecule has 0 aliphatic heterocycles. The van der Waals surface area contributed by atoms with Crippen LogP contribution in [0.15, 0.2) is 0 Å². The van der Waals surface area contributed by atoms with E-state index in [1.807, 2.05) is 6.92 Å². The number of amides is 1. The van der Waals surface area contributed by atoms with Gasteiger partial charge < -0.3 is 5.32 Å². The van der Waals surface area contributed by atoms with Crippen molar-refractivity contribution in [3.63, 3.8) is 0 Å². The lowest BCUT2D eigenvalue weighted by Crippen LogP contribution is -2.46. The predicted octanol–water partition coefficient (Wildman–Crippen LogP) is 4.65. The fraction of sp³-hybridized carbons (Fsp3) is 0.933. The Hall–Kier alpha value is -0.240. The first-order valence-electron chi connectivity index (χ1n) is 7.45. The van der Waals surface area contributed by atoms with Gasteiger partial charge in [0.1, 0.15) is 0 Å². The minimum absolute atomic E-state index is 0.147. The normalized spacial score (nSPS) is 14.2. The Labute approximate surface area is 118 Å². The van der Waals surface area contributed by atoms with Crippen molar-refractivity contribution in [2.75, 3.05) is 5.88 Å². The summed E-state index contributed by atoms with van der Waals surface area (Å²) in [6.45, 7) is 6.28. The van der Waals surface area contributed by atoms with Crippen LogP contribution in [0.5, 0.6) is 0 Å². The topological polar surface area (TPSA) is 29.1 Å². The Kier molecular flexibility index (Phi) is 10.5. The third-order valence-electron chi connectivity index (χ3n) is 3.52. The molecule has 0 aromatic rings. The van der Waals surface area contributed by atoms with Gasteiger partial charge in [0.05, 0.1) is 5.54 Å². The smallest absolute Gasteiger partial charge is 0.220 e. The molecule has 0 aromatic heterocycles. The third kappa shape index (κ3) is 8.79. The highest BCUT2D eigenvalue weighted by Crippen LogP contribution is 2.13. The molecule has 1 atom stereocenters. The molecule has 0 radical (unpaired) electrons. The second kappa shape index (κ2) is 10.7. The molecule has 0 aromatic carbocycles. The summed E-state index contributed by atoms with van der Waals surface area (Å²) in [6.07, 6.45) is 10.2. The van der Waals surface area contributed by atoms with Gasteiger partial charge in [-0.3, -0.25) is 4.79 Å². The van der Waals surface area contributed by atoms with Gasteiger partial charge in [0, 0.05) is 12.3 Å². The second-order valence-electron chi connectivity index (χ2n) is 5.47. The molecule has 1 amide bonds. The molecule has 0 spiro atoms. The molecule has 108 valence electrons. The van der Waals surface area contributed by atoms with Crippen molar-refractivity contribution >= 4 is 17.5 Å². The summed E-state index contributed by atoms with van der Waals surface area (Å²) < 4.78 is 0. The second-order valence-corrected chi connectivity index (χ2v) is 5.73. The molecule has 0 saturated carbocycles. The van der Waals surface area contributed by atoms with E-state index in [0.29, 0.717) is 12.3 Å². The van der Waals surface area contributed by atoms with E-state index in [9.17, 15) is 4.79 Å². The number of nitrogens with one attached hydrogen (secondary N) is 1. The van der Waals surface area contributed by atoms with Crippen LogP contribution in [0.25, 0.3) is 0 Å². The fourth-order valence-electron chi connectivity index (χ4n) is 1.86. The zero-order valence-corrected chi connectivity index (χ0v) is 13.1. The molecule has 0 heterocycles. The minimum atomic E-state index is -0.236. The third-order valence-corrected chi connectivity index (χ3v) is 4.11. The van der Waals surface area contributed by atoms with Crippen molar-refractivity contribution in [1.29, 1.82) is 0 Å². The van der Waals surface area contributed by atoms with Gasteiger partial charge in [-0.2, -0.15) is 0 Å². The van der Waals surface area contributed by atoms with Crippen LogP contribution >= 0.6 is 11.6 Å². The Balaban J connectivity index is 3.53. The van der Waals surface area contributed by atoms with Crippen LogP contribution < -0.4 is 5.32 Å². The van der Waals surface area contributed by atoms with Crippen LogP contribution in [-0.2, 0) is 4.79 Å². The maximum atomic E-state index is 11.7. The largest absolute Gasteiger partial charge is 0.350 e. The molecule has 1 N–H and O–H groups in total. The molecule has 0 rings (SSSR count). The number of halogens is 1. The lowest BCUT2D eigenvalue weighted by molar-refractivity contribution is -0.122. The minimum Gasteiger partial charge on any atom is -0.350 e. The van der Waals surface area contributed by atoms with Gasteiger partial charge in [-0.05, 0) is 19.8 Å². The van der Waals surface area contributed by atoms with E-state index in [1.54, 1.807) is 0 Å². The first-order chi connectivity index (χ1) is 8.58. The average molecular weight is 276 g/mol. The van der Waals surface area contributed by atoms with Crippen LogP contribution in [0.3, 0.4) is 0 Å². The van der Waals surface area contributed by atoms with E-state index in [2.05, 4.69) is 19.2 Å². The highest BCUT2D eigenvalue weighted by atomic mass is 35.5. The first-order valence-corrected chi connectivity index (χ1v) is 7.98. The van der Waals surface area contributed by atoms with E-state index >= 15 is 0 Å². The highest BCUT2D eigenvalue weighted by Gasteiger charge is 2.22. The van der Waals surface area contributed by atoms with E-state index < -0.39 is 0 Å². The Morgan fingerprint density at radius 1 is 1.06 bits per heavy atom. The average Bonchev–Trinajstić information content (AvgIpc) is 2.37. The quantitative estimate of drug-likeness (QED) is 0.432. The summed E-state index contributed by atoms with van der Waals surface area (Å²) in [5.74, 6) is 0.625. The number of rotatable bonds is 11. The maximum absolute atomic E-state index is 11.7. The molecule has 0 aliphatic rings. The van der Waals surface area contributed by atoms with Gasteiger partial charge in [-0.15, -0.1) is 11.6 Å². The molecular formula is C15H30ClNO. The van der Waals surface area contributed by atoms with Crippen molar-refractivity contribution in [2.24, 2.45) is 0 Å². The lowest BCUT2D eigenvalue weighted by Gasteiger charge is -2.27. The molecule has 0 bridgehead atoms. The molecule has 0 fully saturated rings. The highest BCUT2D eigenvalue weighted by molar-refractivity contribution is 6.18. The summed E-state index contributed by atoms with van der Waals surface area (Å²) in [5, 5.41) is 3.03. The van der Waals surface area contributed by atoms with Crippen LogP contribution in [0, 0.1) is 0 Å². The van der Waals surface area contributed by atoms with Crippen LogP contribution in [-0.4, -0.2) is 17.3 Å². The first kappa shape index (κ1) is 17.8. The summed E-state index contributed by atoms with van der Waals surface area (Å²) in [5.41, 5.74) is -0.236. The summed E-state index contributed by atoms with van der Waals surface area (Å²) >= 11 is 5.87. The molecule has 0 saturated heterocycles. The molecule has 2 nitrogen and oxygen atoms in total. The van der Waals surface area contributed by atoms with E-state index in [-0.39, 0.29) is 11.4 Å². The summed E-state index contributed by atoms with van der Waals surface area (Å²) in [6, 6.07) is 0. The van der Waals surface area contributed by atoms with Crippen molar-refractivity contribution < 1.29 is 4.79 Å². The van der Waals surface area contributed by atoms with Crippen LogP contribution in [0.4, 0.5) is 0 Å².